The standard InChI is InChI=1S/C12H25NO/c1-9(2)10(3,4)12(7,8)13(14)11(9,5)6/h14H,1-8H3. The normalized spacial score (nSPS) is 33.2. The van der Waals surface area contributed by atoms with E-state index in [0.717, 1.165) is 0 Å². The maximum absolute atomic E-state index is 10.3. The van der Waals surface area contributed by atoms with E-state index >= 15 is 0 Å². The zero-order chi connectivity index (χ0) is 11.6. The summed E-state index contributed by atoms with van der Waals surface area (Å²) in [6.07, 6.45) is 0. The van der Waals surface area contributed by atoms with E-state index in [1.165, 1.54) is 0 Å². The minimum absolute atomic E-state index is 0.0677. The van der Waals surface area contributed by atoms with Crippen LogP contribution in [-0.4, -0.2) is 21.3 Å². The third-order valence-corrected chi connectivity index (χ3v) is 5.68. The minimum atomic E-state index is -0.194. The van der Waals surface area contributed by atoms with Gasteiger partial charge in [0.2, 0.25) is 0 Å². The SMILES string of the molecule is CC1(C)N(O)C(C)(C)C(C)(C)C1(C)C. The van der Waals surface area contributed by atoms with Crippen LogP contribution in [0.3, 0.4) is 0 Å². The first kappa shape index (κ1) is 12.0. The molecule has 2 heteroatoms. The van der Waals surface area contributed by atoms with Crippen LogP contribution in [-0.2, 0) is 0 Å². The van der Waals surface area contributed by atoms with Gasteiger partial charge in [0.25, 0.3) is 0 Å². The van der Waals surface area contributed by atoms with Gasteiger partial charge in [-0.2, -0.15) is 5.06 Å². The summed E-state index contributed by atoms with van der Waals surface area (Å²) in [4.78, 5) is 0. The van der Waals surface area contributed by atoms with Gasteiger partial charge in [-0.05, 0) is 38.5 Å². The van der Waals surface area contributed by atoms with E-state index in [2.05, 4.69) is 55.4 Å². The van der Waals surface area contributed by atoms with Gasteiger partial charge in [0.15, 0.2) is 0 Å². The first-order valence-corrected chi connectivity index (χ1v) is 5.40. The van der Waals surface area contributed by atoms with Crippen molar-refractivity contribution in [2.24, 2.45) is 10.8 Å². The molecule has 0 bridgehead atoms. The van der Waals surface area contributed by atoms with Crippen LogP contribution in [0.1, 0.15) is 55.4 Å². The summed E-state index contributed by atoms with van der Waals surface area (Å²) < 4.78 is 0. The molecule has 0 spiro atoms. The molecule has 1 aliphatic rings. The Morgan fingerprint density at radius 3 is 0.929 bits per heavy atom. The fraction of sp³-hybridized carbons (Fsp3) is 1.00. The summed E-state index contributed by atoms with van der Waals surface area (Å²) in [5, 5.41) is 11.8. The van der Waals surface area contributed by atoms with Crippen molar-refractivity contribution in [3.05, 3.63) is 0 Å². The Bertz CT molecular complexity index is 225. The second-order valence-electron chi connectivity index (χ2n) is 6.68. The highest BCUT2D eigenvalue weighted by Gasteiger charge is 2.67. The molecule has 14 heavy (non-hydrogen) atoms. The smallest absolute Gasteiger partial charge is 0.0467 e. The van der Waals surface area contributed by atoms with Crippen LogP contribution in [0.2, 0.25) is 0 Å². The average molecular weight is 199 g/mol. The van der Waals surface area contributed by atoms with Crippen molar-refractivity contribution >= 4 is 0 Å². The highest BCUT2D eigenvalue weighted by molar-refractivity contribution is 5.17. The lowest BCUT2D eigenvalue weighted by Crippen LogP contribution is -2.49. The van der Waals surface area contributed by atoms with Gasteiger partial charge < -0.3 is 5.21 Å². The van der Waals surface area contributed by atoms with Gasteiger partial charge in [0.05, 0.1) is 0 Å². The number of rotatable bonds is 0. The van der Waals surface area contributed by atoms with Gasteiger partial charge in [0.1, 0.15) is 0 Å². The van der Waals surface area contributed by atoms with E-state index in [9.17, 15) is 5.21 Å². The minimum Gasteiger partial charge on any atom is -0.313 e. The molecule has 0 atom stereocenters. The van der Waals surface area contributed by atoms with E-state index in [1.807, 2.05) is 0 Å². The maximum atomic E-state index is 10.3. The molecular weight excluding hydrogens is 174 g/mol. The molecule has 2 nitrogen and oxygen atoms in total. The van der Waals surface area contributed by atoms with Gasteiger partial charge in [-0.3, -0.25) is 0 Å². The summed E-state index contributed by atoms with van der Waals surface area (Å²) in [6.45, 7) is 17.4. The molecule has 84 valence electrons. The summed E-state index contributed by atoms with van der Waals surface area (Å²) >= 11 is 0. The molecule has 0 aromatic rings. The highest BCUT2D eigenvalue weighted by atomic mass is 16.5. The summed E-state index contributed by atoms with van der Waals surface area (Å²) in [6, 6.07) is 0. The molecule has 1 fully saturated rings. The quantitative estimate of drug-likeness (QED) is 0.647. The van der Waals surface area contributed by atoms with E-state index in [-0.39, 0.29) is 21.9 Å². The van der Waals surface area contributed by atoms with Crippen molar-refractivity contribution < 1.29 is 5.21 Å². The Balaban J connectivity index is 3.38. The second-order valence-corrected chi connectivity index (χ2v) is 6.68. The van der Waals surface area contributed by atoms with Crippen LogP contribution in [0.25, 0.3) is 0 Å². The molecule has 0 amide bonds. The van der Waals surface area contributed by atoms with Crippen LogP contribution in [0, 0.1) is 10.8 Å². The van der Waals surface area contributed by atoms with Gasteiger partial charge in [-0.1, -0.05) is 27.7 Å². The fourth-order valence-electron chi connectivity index (χ4n) is 2.76. The summed E-state index contributed by atoms with van der Waals surface area (Å²) in [7, 11) is 0. The molecule has 1 N–H and O–H groups in total. The third-order valence-electron chi connectivity index (χ3n) is 5.68. The van der Waals surface area contributed by atoms with E-state index in [0.29, 0.717) is 0 Å². The van der Waals surface area contributed by atoms with E-state index in [1.54, 1.807) is 5.06 Å². The Morgan fingerprint density at radius 1 is 0.643 bits per heavy atom. The molecule has 1 aliphatic heterocycles. The van der Waals surface area contributed by atoms with Crippen molar-refractivity contribution in [3.63, 3.8) is 0 Å². The van der Waals surface area contributed by atoms with Crippen molar-refractivity contribution in [1.82, 2.24) is 5.06 Å². The monoisotopic (exact) mass is 199 g/mol. The van der Waals surface area contributed by atoms with Gasteiger partial charge in [-0.25, -0.2) is 0 Å². The van der Waals surface area contributed by atoms with Crippen LogP contribution in [0.4, 0.5) is 0 Å². The van der Waals surface area contributed by atoms with Crippen LogP contribution < -0.4 is 0 Å². The molecule has 0 aromatic heterocycles. The van der Waals surface area contributed by atoms with Crippen LogP contribution >= 0.6 is 0 Å². The molecule has 1 rings (SSSR count). The Kier molecular flexibility index (Phi) is 2.17. The summed E-state index contributed by atoms with van der Waals surface area (Å²) in [5.41, 5.74) is -0.253. The number of hydroxylamine groups is 2. The largest absolute Gasteiger partial charge is 0.313 e. The van der Waals surface area contributed by atoms with E-state index < -0.39 is 0 Å². The predicted octanol–water partition coefficient (Wildman–Crippen LogP) is 3.30. The van der Waals surface area contributed by atoms with Crippen molar-refractivity contribution in [3.8, 4) is 0 Å². The first-order chi connectivity index (χ1) is 5.90. The topological polar surface area (TPSA) is 23.5 Å². The summed E-state index contributed by atoms with van der Waals surface area (Å²) in [5.74, 6) is 0. The van der Waals surface area contributed by atoms with Crippen molar-refractivity contribution in [2.45, 2.75) is 66.5 Å². The zero-order valence-corrected chi connectivity index (χ0v) is 10.9. The number of nitrogens with zero attached hydrogens (tertiary/aromatic N) is 1. The Hall–Kier alpha value is -0.0800. The second kappa shape index (κ2) is 2.53. The zero-order valence-electron chi connectivity index (χ0n) is 10.9. The van der Waals surface area contributed by atoms with Crippen molar-refractivity contribution in [1.29, 1.82) is 0 Å². The number of hydrogen-bond acceptors (Lipinski definition) is 2. The molecule has 1 saturated heterocycles. The first-order valence-electron chi connectivity index (χ1n) is 5.40. The molecule has 0 radical (unpaired) electrons. The average Bonchev–Trinajstić information content (AvgIpc) is 2.05. The molecule has 0 aromatic carbocycles. The molecule has 0 saturated carbocycles. The lowest BCUT2D eigenvalue weighted by Gasteiger charge is -2.45. The molecule has 1 heterocycles. The Morgan fingerprint density at radius 2 is 0.857 bits per heavy atom. The molecular formula is C12H25NO. The van der Waals surface area contributed by atoms with Gasteiger partial charge in [0, 0.05) is 11.1 Å². The highest BCUT2D eigenvalue weighted by Crippen LogP contribution is 2.62. The predicted molar refractivity (Wildman–Crippen MR) is 59.3 cm³/mol. The Labute approximate surface area is 88.3 Å². The van der Waals surface area contributed by atoms with Gasteiger partial charge >= 0.3 is 0 Å². The van der Waals surface area contributed by atoms with E-state index in [4.69, 9.17) is 0 Å². The lowest BCUT2D eigenvalue weighted by molar-refractivity contribution is -0.207. The molecule has 0 aliphatic carbocycles. The number of hydrogen-bond donors (Lipinski definition) is 1. The third kappa shape index (κ3) is 0.938. The van der Waals surface area contributed by atoms with Crippen LogP contribution in [0.5, 0.6) is 0 Å². The lowest BCUT2D eigenvalue weighted by atomic mass is 9.57. The van der Waals surface area contributed by atoms with Crippen LogP contribution in [0.15, 0.2) is 0 Å². The van der Waals surface area contributed by atoms with Crippen molar-refractivity contribution in [2.75, 3.05) is 0 Å². The fourth-order valence-corrected chi connectivity index (χ4v) is 2.76. The van der Waals surface area contributed by atoms with Gasteiger partial charge in [-0.15, -0.1) is 0 Å². The molecule has 0 unspecified atom stereocenters. The maximum Gasteiger partial charge on any atom is 0.0467 e.